The Morgan fingerprint density at radius 3 is 2.44 bits per heavy atom. The zero-order valence-corrected chi connectivity index (χ0v) is 12.8. The zero-order valence-electron chi connectivity index (χ0n) is 12.0. The number of nitrogens with zero attached hydrogens (tertiary/aromatic N) is 2. The van der Waals surface area contributed by atoms with Crippen LogP contribution in [0.2, 0.25) is 0 Å². The number of aromatic nitrogens is 1. The van der Waals surface area contributed by atoms with E-state index in [0.29, 0.717) is 5.88 Å². The number of hydrogen-bond acceptors (Lipinski definition) is 2. The molecule has 0 saturated carbocycles. The Hall–Kier alpha value is -0.760. The lowest BCUT2D eigenvalue weighted by Crippen LogP contribution is -2.30. The molecule has 0 bridgehead atoms. The van der Waals surface area contributed by atoms with Gasteiger partial charge < -0.3 is 4.90 Å². The lowest BCUT2D eigenvalue weighted by molar-refractivity contribution is 0.485. The maximum Gasteiger partial charge on any atom is 0.0509 e. The van der Waals surface area contributed by atoms with Gasteiger partial charge in [-0.2, -0.15) is 0 Å². The van der Waals surface area contributed by atoms with Crippen LogP contribution < -0.4 is 4.90 Å². The van der Waals surface area contributed by atoms with E-state index < -0.39 is 0 Å². The van der Waals surface area contributed by atoms with Gasteiger partial charge in [-0.05, 0) is 25.8 Å². The summed E-state index contributed by atoms with van der Waals surface area (Å²) in [6.45, 7) is 10.9. The van der Waals surface area contributed by atoms with Crippen molar-refractivity contribution in [2.24, 2.45) is 5.92 Å². The van der Waals surface area contributed by atoms with Crippen molar-refractivity contribution in [3.05, 3.63) is 23.5 Å². The highest BCUT2D eigenvalue weighted by atomic mass is 35.5. The molecule has 0 aromatic carbocycles. The van der Waals surface area contributed by atoms with E-state index >= 15 is 0 Å². The van der Waals surface area contributed by atoms with Crippen LogP contribution in [-0.4, -0.2) is 18.1 Å². The fourth-order valence-electron chi connectivity index (χ4n) is 2.23. The van der Waals surface area contributed by atoms with Gasteiger partial charge in [-0.3, -0.25) is 4.98 Å². The molecule has 0 amide bonds. The zero-order chi connectivity index (χ0) is 13.5. The maximum absolute atomic E-state index is 6.02. The van der Waals surface area contributed by atoms with Crippen molar-refractivity contribution >= 4 is 17.3 Å². The molecule has 0 atom stereocenters. The Morgan fingerprint density at radius 2 is 1.94 bits per heavy atom. The van der Waals surface area contributed by atoms with Gasteiger partial charge in [-0.1, -0.05) is 26.7 Å². The molecule has 3 heteroatoms. The molecule has 0 aliphatic carbocycles. The average Bonchev–Trinajstić information content (AvgIpc) is 2.40. The Labute approximate surface area is 116 Å². The fraction of sp³-hybridized carbons (Fsp3) is 0.667. The van der Waals surface area contributed by atoms with Gasteiger partial charge in [0.25, 0.3) is 0 Å². The molecule has 0 N–H and O–H groups in total. The van der Waals surface area contributed by atoms with Crippen LogP contribution in [0, 0.1) is 12.8 Å². The molecule has 0 fully saturated rings. The molecule has 0 radical (unpaired) electrons. The molecule has 1 heterocycles. The van der Waals surface area contributed by atoms with Crippen molar-refractivity contribution in [2.45, 2.75) is 46.4 Å². The third-order valence-electron chi connectivity index (χ3n) is 3.60. The molecule has 0 spiro atoms. The van der Waals surface area contributed by atoms with Gasteiger partial charge in [0, 0.05) is 36.2 Å². The Balaban J connectivity index is 2.96. The van der Waals surface area contributed by atoms with Crippen molar-refractivity contribution in [1.82, 2.24) is 4.98 Å². The maximum atomic E-state index is 6.02. The Kier molecular flexibility index (Phi) is 6.48. The fourth-order valence-corrected chi connectivity index (χ4v) is 2.43. The Morgan fingerprint density at radius 1 is 1.28 bits per heavy atom. The van der Waals surface area contributed by atoms with Crippen LogP contribution in [0.15, 0.2) is 12.3 Å². The molecule has 0 aliphatic heterocycles. The van der Waals surface area contributed by atoms with Gasteiger partial charge in [0.2, 0.25) is 0 Å². The second-order valence-corrected chi connectivity index (χ2v) is 5.08. The van der Waals surface area contributed by atoms with E-state index in [1.165, 1.54) is 18.5 Å². The first-order valence-corrected chi connectivity index (χ1v) is 7.46. The summed E-state index contributed by atoms with van der Waals surface area (Å²) < 4.78 is 0. The van der Waals surface area contributed by atoms with E-state index in [4.69, 9.17) is 11.6 Å². The smallest absolute Gasteiger partial charge is 0.0509 e. The topological polar surface area (TPSA) is 16.1 Å². The minimum absolute atomic E-state index is 0.530. The molecule has 2 nitrogen and oxygen atoms in total. The van der Waals surface area contributed by atoms with Crippen LogP contribution in [0.3, 0.4) is 0 Å². The van der Waals surface area contributed by atoms with Crippen LogP contribution in [-0.2, 0) is 5.88 Å². The summed E-state index contributed by atoms with van der Waals surface area (Å²) in [5.41, 5.74) is 3.45. The second-order valence-electron chi connectivity index (χ2n) is 4.81. The van der Waals surface area contributed by atoms with Crippen LogP contribution in [0.4, 0.5) is 5.69 Å². The summed E-state index contributed by atoms with van der Waals surface area (Å²) in [5.74, 6) is 1.28. The molecule has 18 heavy (non-hydrogen) atoms. The highest BCUT2D eigenvalue weighted by Gasteiger charge is 2.14. The quantitative estimate of drug-likeness (QED) is 0.682. The first kappa shape index (κ1) is 15.3. The normalized spacial score (nSPS) is 11.0. The van der Waals surface area contributed by atoms with E-state index in [1.54, 1.807) is 0 Å². The molecule has 0 aliphatic rings. The Bertz CT molecular complexity index is 362. The number of rotatable bonds is 7. The van der Waals surface area contributed by atoms with Gasteiger partial charge in [0.1, 0.15) is 0 Å². The third-order valence-corrected chi connectivity index (χ3v) is 3.89. The number of alkyl halides is 1. The van der Waals surface area contributed by atoms with Gasteiger partial charge in [-0.15, -0.1) is 11.6 Å². The predicted octanol–water partition coefficient (Wildman–Crippen LogP) is 4.39. The number of aryl methyl sites for hydroxylation is 1. The average molecular weight is 269 g/mol. The number of anilines is 1. The molecule has 0 unspecified atom stereocenters. The van der Waals surface area contributed by atoms with E-state index in [2.05, 4.69) is 36.7 Å². The van der Waals surface area contributed by atoms with Crippen molar-refractivity contribution in [3.8, 4) is 0 Å². The summed E-state index contributed by atoms with van der Waals surface area (Å²) >= 11 is 6.02. The van der Waals surface area contributed by atoms with Gasteiger partial charge >= 0.3 is 0 Å². The van der Waals surface area contributed by atoms with E-state index in [1.807, 2.05) is 13.1 Å². The van der Waals surface area contributed by atoms with Crippen molar-refractivity contribution in [1.29, 1.82) is 0 Å². The standard InChI is InChI=1S/C15H25ClN2/c1-5-13(6-2)11-18(7-3)15-8-12(4)17-10-14(15)9-16/h8,10,13H,5-7,9,11H2,1-4H3. The molecule has 1 aromatic rings. The molecule has 102 valence electrons. The first-order valence-electron chi connectivity index (χ1n) is 6.92. The largest absolute Gasteiger partial charge is 0.371 e. The van der Waals surface area contributed by atoms with E-state index in [0.717, 1.165) is 30.3 Å². The van der Waals surface area contributed by atoms with Crippen LogP contribution >= 0.6 is 11.6 Å². The predicted molar refractivity (Wildman–Crippen MR) is 80.5 cm³/mol. The molecule has 1 rings (SSSR count). The van der Waals surface area contributed by atoms with Gasteiger partial charge in [-0.25, -0.2) is 0 Å². The third kappa shape index (κ3) is 3.88. The number of halogens is 1. The lowest BCUT2D eigenvalue weighted by Gasteiger charge is -2.29. The first-order chi connectivity index (χ1) is 8.65. The van der Waals surface area contributed by atoms with E-state index in [-0.39, 0.29) is 0 Å². The van der Waals surface area contributed by atoms with Gasteiger partial charge in [0.05, 0.1) is 5.88 Å². The molecule has 0 saturated heterocycles. The van der Waals surface area contributed by atoms with Crippen molar-refractivity contribution in [2.75, 3.05) is 18.0 Å². The summed E-state index contributed by atoms with van der Waals surface area (Å²) in [6, 6.07) is 2.16. The molecular formula is C15H25ClN2. The van der Waals surface area contributed by atoms with Crippen LogP contribution in [0.25, 0.3) is 0 Å². The summed E-state index contributed by atoms with van der Waals surface area (Å²) in [7, 11) is 0. The van der Waals surface area contributed by atoms with Crippen LogP contribution in [0.5, 0.6) is 0 Å². The minimum Gasteiger partial charge on any atom is -0.371 e. The van der Waals surface area contributed by atoms with Gasteiger partial charge in [0.15, 0.2) is 0 Å². The summed E-state index contributed by atoms with van der Waals surface area (Å²) in [6.07, 6.45) is 4.37. The number of pyridine rings is 1. The lowest BCUT2D eigenvalue weighted by atomic mass is 10.0. The van der Waals surface area contributed by atoms with Crippen molar-refractivity contribution in [3.63, 3.8) is 0 Å². The second kappa shape index (κ2) is 7.63. The number of hydrogen-bond donors (Lipinski definition) is 0. The highest BCUT2D eigenvalue weighted by molar-refractivity contribution is 6.17. The summed E-state index contributed by atoms with van der Waals surface area (Å²) in [4.78, 5) is 6.77. The monoisotopic (exact) mass is 268 g/mol. The SMILES string of the molecule is CCC(CC)CN(CC)c1cc(C)ncc1CCl. The van der Waals surface area contributed by atoms with Crippen LogP contribution in [0.1, 0.15) is 44.9 Å². The van der Waals surface area contributed by atoms with E-state index in [9.17, 15) is 0 Å². The minimum atomic E-state index is 0.530. The molecule has 1 aromatic heterocycles. The highest BCUT2D eigenvalue weighted by Crippen LogP contribution is 2.24. The van der Waals surface area contributed by atoms with Crippen molar-refractivity contribution < 1.29 is 0 Å². The molecular weight excluding hydrogens is 244 g/mol. The summed E-state index contributed by atoms with van der Waals surface area (Å²) in [5, 5.41) is 0.